The molecule has 33 heavy (non-hydrogen) atoms. The number of rotatable bonds is 3. The molecule has 0 radical (unpaired) electrons. The van der Waals surface area contributed by atoms with Crippen molar-refractivity contribution in [1.82, 2.24) is 9.80 Å². The zero-order valence-corrected chi connectivity index (χ0v) is 18.8. The fourth-order valence-corrected chi connectivity index (χ4v) is 4.62. The van der Waals surface area contributed by atoms with Crippen LogP contribution in [0.3, 0.4) is 0 Å². The highest BCUT2D eigenvalue weighted by Gasteiger charge is 2.32. The van der Waals surface area contributed by atoms with Gasteiger partial charge in [-0.1, -0.05) is 66.7 Å². The second-order valence-corrected chi connectivity index (χ2v) is 8.62. The summed E-state index contributed by atoms with van der Waals surface area (Å²) >= 11 is 0. The predicted molar refractivity (Wildman–Crippen MR) is 130 cm³/mol. The first-order chi connectivity index (χ1) is 16.0. The van der Waals surface area contributed by atoms with Gasteiger partial charge in [-0.15, -0.1) is 0 Å². The van der Waals surface area contributed by atoms with Gasteiger partial charge in [-0.2, -0.15) is 0 Å². The molecule has 1 atom stereocenters. The van der Waals surface area contributed by atoms with Crippen LogP contribution >= 0.6 is 0 Å². The molecule has 1 unspecified atom stereocenters. The second kappa shape index (κ2) is 8.68. The Morgan fingerprint density at radius 1 is 0.909 bits per heavy atom. The summed E-state index contributed by atoms with van der Waals surface area (Å²) in [4.78, 5) is 31.3. The Kier molecular flexibility index (Phi) is 5.56. The SMILES string of the molecule is Cc1c(-c2ccccc2)oc2c(C(=O)N3CCN(C)CC3c3ccccc3)cccc2c1=O. The van der Waals surface area contributed by atoms with Crippen LogP contribution in [0.5, 0.6) is 0 Å². The van der Waals surface area contributed by atoms with Gasteiger partial charge in [0.25, 0.3) is 5.91 Å². The van der Waals surface area contributed by atoms with Gasteiger partial charge in [0, 0.05) is 30.8 Å². The molecule has 0 spiro atoms. The third kappa shape index (κ3) is 3.85. The minimum atomic E-state index is -0.117. The van der Waals surface area contributed by atoms with Crippen molar-refractivity contribution in [3.63, 3.8) is 0 Å². The summed E-state index contributed by atoms with van der Waals surface area (Å²) in [6, 6.07) is 24.8. The average Bonchev–Trinajstić information content (AvgIpc) is 2.86. The van der Waals surface area contributed by atoms with Crippen molar-refractivity contribution in [3.05, 3.63) is 106 Å². The van der Waals surface area contributed by atoms with E-state index in [0.717, 1.165) is 24.2 Å². The van der Waals surface area contributed by atoms with E-state index >= 15 is 0 Å². The minimum Gasteiger partial charge on any atom is -0.455 e. The van der Waals surface area contributed by atoms with E-state index in [0.29, 0.717) is 34.4 Å². The monoisotopic (exact) mass is 438 g/mol. The molecule has 0 aliphatic carbocycles. The molecule has 5 rings (SSSR count). The number of hydrogen-bond donors (Lipinski definition) is 0. The Balaban J connectivity index is 1.64. The molecular weight excluding hydrogens is 412 g/mol. The van der Waals surface area contributed by atoms with Gasteiger partial charge < -0.3 is 14.2 Å². The Morgan fingerprint density at radius 2 is 1.61 bits per heavy atom. The highest BCUT2D eigenvalue weighted by atomic mass is 16.3. The van der Waals surface area contributed by atoms with Crippen LogP contribution in [0.1, 0.15) is 27.5 Å². The Bertz CT molecular complexity index is 1360. The van der Waals surface area contributed by atoms with Crippen LogP contribution in [-0.4, -0.2) is 42.4 Å². The molecule has 1 saturated heterocycles. The second-order valence-electron chi connectivity index (χ2n) is 8.62. The van der Waals surface area contributed by atoms with E-state index in [2.05, 4.69) is 24.1 Å². The third-order valence-electron chi connectivity index (χ3n) is 6.44. The molecule has 5 nitrogen and oxygen atoms in total. The summed E-state index contributed by atoms with van der Waals surface area (Å²) in [7, 11) is 2.07. The number of benzene rings is 3. The molecule has 166 valence electrons. The highest BCUT2D eigenvalue weighted by molar-refractivity contribution is 6.05. The average molecular weight is 439 g/mol. The van der Waals surface area contributed by atoms with Gasteiger partial charge in [0.15, 0.2) is 11.0 Å². The van der Waals surface area contributed by atoms with Crippen molar-refractivity contribution in [2.24, 2.45) is 0 Å². The molecule has 1 aliphatic rings. The van der Waals surface area contributed by atoms with Crippen LogP contribution < -0.4 is 5.43 Å². The first kappa shape index (κ1) is 21.2. The van der Waals surface area contributed by atoms with Crippen molar-refractivity contribution >= 4 is 16.9 Å². The van der Waals surface area contributed by atoms with Crippen LogP contribution in [-0.2, 0) is 0 Å². The van der Waals surface area contributed by atoms with Crippen molar-refractivity contribution < 1.29 is 9.21 Å². The number of fused-ring (bicyclic) bond motifs is 1. The lowest BCUT2D eigenvalue weighted by Crippen LogP contribution is -2.49. The number of nitrogens with zero attached hydrogens (tertiary/aromatic N) is 2. The van der Waals surface area contributed by atoms with Crippen LogP contribution in [0.25, 0.3) is 22.3 Å². The first-order valence-corrected chi connectivity index (χ1v) is 11.2. The molecule has 5 heteroatoms. The maximum Gasteiger partial charge on any atom is 0.258 e. The first-order valence-electron chi connectivity index (χ1n) is 11.2. The maximum atomic E-state index is 13.9. The van der Waals surface area contributed by atoms with E-state index < -0.39 is 0 Å². The molecule has 1 fully saturated rings. The fraction of sp³-hybridized carbons (Fsp3) is 0.214. The van der Waals surface area contributed by atoms with E-state index in [4.69, 9.17) is 4.42 Å². The smallest absolute Gasteiger partial charge is 0.258 e. The van der Waals surface area contributed by atoms with Gasteiger partial charge in [-0.05, 0) is 31.7 Å². The highest BCUT2D eigenvalue weighted by Crippen LogP contribution is 2.31. The standard InChI is InChI=1S/C28H26N2O3/c1-19-25(31)22-14-9-15-23(27(22)33-26(19)21-12-7-4-8-13-21)28(32)30-17-16-29(2)18-24(30)20-10-5-3-6-11-20/h3-15,24H,16-18H2,1-2H3. The Hall–Kier alpha value is -3.70. The largest absolute Gasteiger partial charge is 0.455 e. The topological polar surface area (TPSA) is 53.8 Å². The molecule has 2 heterocycles. The number of amides is 1. The van der Waals surface area contributed by atoms with E-state index in [1.54, 1.807) is 25.1 Å². The van der Waals surface area contributed by atoms with Gasteiger partial charge in [0.2, 0.25) is 0 Å². The van der Waals surface area contributed by atoms with Gasteiger partial charge in [-0.25, -0.2) is 0 Å². The van der Waals surface area contributed by atoms with E-state index in [1.807, 2.05) is 53.4 Å². The zero-order valence-electron chi connectivity index (χ0n) is 18.8. The van der Waals surface area contributed by atoms with Crippen LogP contribution in [0.2, 0.25) is 0 Å². The maximum absolute atomic E-state index is 13.9. The Morgan fingerprint density at radius 3 is 2.33 bits per heavy atom. The van der Waals surface area contributed by atoms with Crippen LogP contribution in [0, 0.1) is 6.92 Å². The minimum absolute atomic E-state index is 0.0709. The molecule has 3 aromatic carbocycles. The van der Waals surface area contributed by atoms with Gasteiger partial charge in [-0.3, -0.25) is 9.59 Å². The summed E-state index contributed by atoms with van der Waals surface area (Å²) in [5.74, 6) is 0.389. The zero-order chi connectivity index (χ0) is 22.9. The van der Waals surface area contributed by atoms with E-state index in [-0.39, 0.29) is 17.4 Å². The molecular formula is C28H26N2O3. The van der Waals surface area contributed by atoms with Crippen LogP contribution in [0.15, 0.2) is 88.1 Å². The quantitative estimate of drug-likeness (QED) is 0.457. The Labute approximate surface area is 192 Å². The molecule has 1 amide bonds. The molecule has 1 aromatic heterocycles. The molecule has 4 aromatic rings. The van der Waals surface area contributed by atoms with Crippen molar-refractivity contribution in [2.45, 2.75) is 13.0 Å². The molecule has 0 saturated carbocycles. The lowest BCUT2D eigenvalue weighted by molar-refractivity contribution is 0.0499. The molecule has 0 bridgehead atoms. The summed E-state index contributed by atoms with van der Waals surface area (Å²) in [5, 5.41) is 0.434. The van der Waals surface area contributed by atoms with Gasteiger partial charge in [0.1, 0.15) is 5.76 Å². The number of para-hydroxylation sites is 1. The number of hydrogen-bond acceptors (Lipinski definition) is 4. The van der Waals surface area contributed by atoms with Crippen molar-refractivity contribution in [2.75, 3.05) is 26.7 Å². The summed E-state index contributed by atoms with van der Waals surface area (Å²) in [6.45, 7) is 3.91. The number of carbonyl (C=O) groups excluding carboxylic acids is 1. The lowest BCUT2D eigenvalue weighted by Gasteiger charge is -2.40. The molecule has 0 N–H and O–H groups in total. The van der Waals surface area contributed by atoms with Gasteiger partial charge >= 0.3 is 0 Å². The van der Waals surface area contributed by atoms with E-state index in [9.17, 15) is 9.59 Å². The normalized spacial score (nSPS) is 16.8. The number of piperazine rings is 1. The predicted octanol–water partition coefficient (Wildman–Crippen LogP) is 4.90. The lowest BCUT2D eigenvalue weighted by atomic mass is 10.00. The van der Waals surface area contributed by atoms with Crippen molar-refractivity contribution in [3.8, 4) is 11.3 Å². The fourth-order valence-electron chi connectivity index (χ4n) is 4.62. The van der Waals surface area contributed by atoms with E-state index in [1.165, 1.54) is 0 Å². The third-order valence-corrected chi connectivity index (χ3v) is 6.44. The summed E-state index contributed by atoms with van der Waals surface area (Å²) in [6.07, 6.45) is 0. The number of carbonyl (C=O) groups is 1. The van der Waals surface area contributed by atoms with Crippen LogP contribution in [0.4, 0.5) is 0 Å². The summed E-state index contributed by atoms with van der Waals surface area (Å²) in [5.41, 5.74) is 3.12. The van der Waals surface area contributed by atoms with Crippen molar-refractivity contribution in [1.29, 1.82) is 0 Å². The van der Waals surface area contributed by atoms with Gasteiger partial charge in [0.05, 0.1) is 17.0 Å². The number of likely N-dealkylation sites (N-methyl/N-ethyl adjacent to an activating group) is 1. The molecule has 1 aliphatic heterocycles. The summed E-state index contributed by atoms with van der Waals surface area (Å²) < 4.78 is 6.31.